The van der Waals surface area contributed by atoms with E-state index in [1.807, 2.05) is 24.3 Å². The number of hydrogen-bond acceptors (Lipinski definition) is 4. The van der Waals surface area contributed by atoms with E-state index in [1.54, 1.807) is 0 Å². The number of carboxylic acids is 1. The number of rotatable bonds is 4. The quantitative estimate of drug-likeness (QED) is 0.898. The van der Waals surface area contributed by atoms with Gasteiger partial charge in [-0.3, -0.25) is 0 Å². The summed E-state index contributed by atoms with van der Waals surface area (Å²) in [5.74, 6) is -0.450. The fraction of sp³-hybridized carbons (Fsp3) is 0.286. The van der Waals surface area contributed by atoms with E-state index in [9.17, 15) is 4.79 Å². The Hall–Kier alpha value is -1.88. The molecule has 3 N–H and O–H groups in total. The maximum Gasteiger partial charge on any atom is 0.356 e. The van der Waals surface area contributed by atoms with Crippen molar-refractivity contribution in [2.75, 3.05) is 5.73 Å². The molecule has 0 bridgehead atoms. The SMILES string of the molecule is CC(C)Cc1ccc(-c2sc(N)nc2C(=O)O)cc1. The average Bonchev–Trinajstić information content (AvgIpc) is 2.72. The van der Waals surface area contributed by atoms with Gasteiger partial charge >= 0.3 is 5.97 Å². The van der Waals surface area contributed by atoms with E-state index in [-0.39, 0.29) is 10.8 Å². The van der Waals surface area contributed by atoms with Gasteiger partial charge in [0.25, 0.3) is 0 Å². The number of aromatic carboxylic acids is 1. The number of anilines is 1. The summed E-state index contributed by atoms with van der Waals surface area (Å²) >= 11 is 1.20. The molecule has 1 heterocycles. The third-order valence-corrected chi connectivity index (χ3v) is 3.64. The van der Waals surface area contributed by atoms with Crippen LogP contribution in [0.15, 0.2) is 24.3 Å². The van der Waals surface area contributed by atoms with Gasteiger partial charge in [0.15, 0.2) is 10.8 Å². The summed E-state index contributed by atoms with van der Waals surface area (Å²) in [6.45, 7) is 4.33. The van der Waals surface area contributed by atoms with Crippen LogP contribution in [0.1, 0.15) is 29.9 Å². The lowest BCUT2D eigenvalue weighted by Crippen LogP contribution is -1.99. The molecule has 2 rings (SSSR count). The first-order chi connectivity index (χ1) is 8.97. The van der Waals surface area contributed by atoms with Crippen LogP contribution in [-0.4, -0.2) is 16.1 Å². The number of thiazole rings is 1. The van der Waals surface area contributed by atoms with E-state index in [1.165, 1.54) is 16.9 Å². The Kier molecular flexibility index (Phi) is 3.85. The van der Waals surface area contributed by atoms with Crippen LogP contribution < -0.4 is 5.73 Å². The predicted octanol–water partition coefficient (Wildman–Crippen LogP) is 3.29. The molecule has 0 aliphatic rings. The van der Waals surface area contributed by atoms with Crippen molar-refractivity contribution in [2.45, 2.75) is 20.3 Å². The Morgan fingerprint density at radius 3 is 2.53 bits per heavy atom. The molecule has 1 aromatic carbocycles. The molecular formula is C14H16N2O2S. The van der Waals surface area contributed by atoms with Crippen molar-refractivity contribution >= 4 is 22.4 Å². The van der Waals surface area contributed by atoms with Crippen LogP contribution in [0.4, 0.5) is 5.13 Å². The molecule has 0 fully saturated rings. The highest BCUT2D eigenvalue weighted by atomic mass is 32.1. The van der Waals surface area contributed by atoms with Crippen molar-refractivity contribution in [3.05, 3.63) is 35.5 Å². The van der Waals surface area contributed by atoms with Gasteiger partial charge in [0.05, 0.1) is 4.88 Å². The lowest BCUT2D eigenvalue weighted by molar-refractivity contribution is 0.0692. The van der Waals surface area contributed by atoms with E-state index >= 15 is 0 Å². The van der Waals surface area contributed by atoms with Crippen LogP contribution >= 0.6 is 11.3 Å². The van der Waals surface area contributed by atoms with Crippen molar-refractivity contribution in [3.8, 4) is 10.4 Å². The Bertz CT molecular complexity index is 588. The normalized spacial score (nSPS) is 10.9. The summed E-state index contributed by atoms with van der Waals surface area (Å²) in [5, 5.41) is 9.38. The van der Waals surface area contributed by atoms with Crippen molar-refractivity contribution < 1.29 is 9.90 Å². The molecule has 5 heteroatoms. The van der Waals surface area contributed by atoms with Gasteiger partial charge in [-0.25, -0.2) is 9.78 Å². The van der Waals surface area contributed by atoms with Gasteiger partial charge in [0.2, 0.25) is 0 Å². The summed E-state index contributed by atoms with van der Waals surface area (Å²) in [7, 11) is 0. The number of carboxylic acid groups (broad SMARTS) is 1. The molecule has 2 aromatic rings. The molecular weight excluding hydrogens is 260 g/mol. The monoisotopic (exact) mass is 276 g/mol. The van der Waals surface area contributed by atoms with Gasteiger partial charge < -0.3 is 10.8 Å². The van der Waals surface area contributed by atoms with Crippen molar-refractivity contribution in [1.82, 2.24) is 4.98 Å². The Morgan fingerprint density at radius 1 is 1.37 bits per heavy atom. The summed E-state index contributed by atoms with van der Waals surface area (Å²) in [5.41, 5.74) is 7.71. The second-order valence-electron chi connectivity index (χ2n) is 4.83. The van der Waals surface area contributed by atoms with Gasteiger partial charge in [-0.15, -0.1) is 0 Å². The average molecular weight is 276 g/mol. The summed E-state index contributed by atoms with van der Waals surface area (Å²) in [6.07, 6.45) is 1.01. The first kappa shape index (κ1) is 13.5. The van der Waals surface area contributed by atoms with Gasteiger partial charge in [0, 0.05) is 0 Å². The lowest BCUT2D eigenvalue weighted by Gasteiger charge is -2.05. The highest BCUT2D eigenvalue weighted by molar-refractivity contribution is 7.19. The maximum atomic E-state index is 11.1. The van der Waals surface area contributed by atoms with E-state index in [0.29, 0.717) is 10.8 Å². The lowest BCUT2D eigenvalue weighted by atomic mass is 10.0. The zero-order valence-corrected chi connectivity index (χ0v) is 11.7. The maximum absolute atomic E-state index is 11.1. The van der Waals surface area contributed by atoms with Crippen LogP contribution in [0, 0.1) is 5.92 Å². The van der Waals surface area contributed by atoms with Gasteiger partial charge in [-0.2, -0.15) is 0 Å². The topological polar surface area (TPSA) is 76.2 Å². The van der Waals surface area contributed by atoms with Gasteiger partial charge in [-0.1, -0.05) is 49.4 Å². The van der Waals surface area contributed by atoms with Crippen LogP contribution in [-0.2, 0) is 6.42 Å². The molecule has 0 amide bonds. The van der Waals surface area contributed by atoms with Gasteiger partial charge in [-0.05, 0) is 23.5 Å². The van der Waals surface area contributed by atoms with E-state index < -0.39 is 5.97 Å². The highest BCUT2D eigenvalue weighted by Gasteiger charge is 2.17. The fourth-order valence-electron chi connectivity index (χ4n) is 1.94. The second-order valence-corrected chi connectivity index (χ2v) is 5.86. The van der Waals surface area contributed by atoms with Gasteiger partial charge in [0.1, 0.15) is 0 Å². The van der Waals surface area contributed by atoms with E-state index in [0.717, 1.165) is 12.0 Å². The molecule has 0 saturated carbocycles. The standard InChI is InChI=1S/C14H16N2O2S/c1-8(2)7-9-3-5-10(6-4-9)12-11(13(17)18)16-14(15)19-12/h3-6,8H,7H2,1-2H3,(H2,15,16)(H,17,18). The minimum Gasteiger partial charge on any atom is -0.476 e. The van der Waals surface area contributed by atoms with E-state index in [4.69, 9.17) is 10.8 Å². The molecule has 4 nitrogen and oxygen atoms in total. The Labute approximate surface area is 115 Å². The fourth-order valence-corrected chi connectivity index (χ4v) is 2.77. The van der Waals surface area contributed by atoms with Crippen LogP contribution in [0.5, 0.6) is 0 Å². The van der Waals surface area contributed by atoms with Crippen molar-refractivity contribution in [3.63, 3.8) is 0 Å². The van der Waals surface area contributed by atoms with Crippen LogP contribution in [0.2, 0.25) is 0 Å². The summed E-state index contributed by atoms with van der Waals surface area (Å²) in [6, 6.07) is 7.90. The Morgan fingerprint density at radius 2 is 2.00 bits per heavy atom. The molecule has 0 spiro atoms. The third kappa shape index (κ3) is 3.12. The molecule has 0 unspecified atom stereocenters. The molecule has 0 atom stereocenters. The zero-order chi connectivity index (χ0) is 14.0. The molecule has 0 radical (unpaired) electrons. The van der Waals surface area contributed by atoms with Crippen LogP contribution in [0.25, 0.3) is 10.4 Å². The molecule has 1 aromatic heterocycles. The second kappa shape index (κ2) is 5.40. The first-order valence-electron chi connectivity index (χ1n) is 6.06. The van der Waals surface area contributed by atoms with E-state index in [2.05, 4.69) is 18.8 Å². The smallest absolute Gasteiger partial charge is 0.356 e. The Balaban J connectivity index is 2.34. The number of nitrogens with two attached hydrogens (primary N) is 1. The van der Waals surface area contributed by atoms with Crippen LogP contribution in [0.3, 0.4) is 0 Å². The molecule has 0 saturated heterocycles. The third-order valence-electron chi connectivity index (χ3n) is 2.71. The molecule has 0 aliphatic carbocycles. The largest absolute Gasteiger partial charge is 0.476 e. The number of carbonyl (C=O) groups is 1. The summed E-state index contributed by atoms with van der Waals surface area (Å²) in [4.78, 5) is 15.6. The highest BCUT2D eigenvalue weighted by Crippen LogP contribution is 2.32. The first-order valence-corrected chi connectivity index (χ1v) is 6.88. The zero-order valence-electron chi connectivity index (χ0n) is 10.9. The summed E-state index contributed by atoms with van der Waals surface area (Å²) < 4.78 is 0. The van der Waals surface area contributed by atoms with Crippen molar-refractivity contribution in [2.24, 2.45) is 5.92 Å². The minimum atomic E-state index is -1.05. The molecule has 100 valence electrons. The minimum absolute atomic E-state index is 0.0270. The number of nitrogen functional groups attached to an aromatic ring is 1. The molecule has 0 aliphatic heterocycles. The predicted molar refractivity (Wildman–Crippen MR) is 77.5 cm³/mol. The number of aromatic nitrogens is 1. The number of nitrogens with zero attached hydrogens (tertiary/aromatic N) is 1. The molecule has 19 heavy (non-hydrogen) atoms. The van der Waals surface area contributed by atoms with Crippen molar-refractivity contribution in [1.29, 1.82) is 0 Å². The number of hydrogen-bond donors (Lipinski definition) is 2. The number of benzene rings is 1.